The Morgan fingerprint density at radius 1 is 1.18 bits per heavy atom. The Balaban J connectivity index is 1.96. The van der Waals surface area contributed by atoms with Gasteiger partial charge in [0.15, 0.2) is 17.7 Å². The lowest BCUT2D eigenvalue weighted by Gasteiger charge is -2.29. The molecule has 0 heterocycles. The van der Waals surface area contributed by atoms with Gasteiger partial charge in [-0.05, 0) is 31.9 Å². The molecule has 1 aliphatic carbocycles. The number of carbonyl (C=O) groups is 1. The number of hydrogen-bond acceptors (Lipinski definition) is 2. The summed E-state index contributed by atoms with van der Waals surface area (Å²) in [6, 6.07) is 3.53. The van der Waals surface area contributed by atoms with E-state index in [1.165, 1.54) is 18.9 Å². The van der Waals surface area contributed by atoms with E-state index in [-0.39, 0.29) is 17.7 Å². The van der Waals surface area contributed by atoms with Crippen LogP contribution in [0.3, 0.4) is 0 Å². The Morgan fingerprint density at radius 3 is 2.41 bits per heavy atom. The van der Waals surface area contributed by atoms with Gasteiger partial charge in [-0.3, -0.25) is 4.79 Å². The fourth-order valence-electron chi connectivity index (χ4n) is 2.92. The van der Waals surface area contributed by atoms with E-state index in [2.05, 4.69) is 0 Å². The summed E-state index contributed by atoms with van der Waals surface area (Å²) in [5.41, 5.74) is 0. The van der Waals surface area contributed by atoms with Crippen molar-refractivity contribution in [3.05, 3.63) is 29.8 Å². The van der Waals surface area contributed by atoms with Crippen LogP contribution in [-0.4, -0.2) is 30.0 Å². The molecule has 3 nitrogen and oxygen atoms in total. The quantitative estimate of drug-likeness (QED) is 0.789. The largest absolute Gasteiger partial charge is 0.481 e. The number of benzene rings is 1. The molecule has 1 saturated carbocycles. The van der Waals surface area contributed by atoms with E-state index in [9.17, 15) is 13.6 Å². The van der Waals surface area contributed by atoms with Gasteiger partial charge in [0.2, 0.25) is 0 Å². The molecule has 122 valence electrons. The van der Waals surface area contributed by atoms with Crippen LogP contribution in [0.1, 0.15) is 45.4 Å². The summed E-state index contributed by atoms with van der Waals surface area (Å²) in [5, 5.41) is 0. The number of hydrogen-bond donors (Lipinski definition) is 0. The number of nitrogens with zero attached hydrogens (tertiary/aromatic N) is 1. The highest BCUT2D eigenvalue weighted by atomic mass is 19.2. The van der Waals surface area contributed by atoms with Crippen LogP contribution in [0, 0.1) is 11.6 Å². The highest BCUT2D eigenvalue weighted by Crippen LogP contribution is 2.22. The monoisotopic (exact) mass is 311 g/mol. The highest BCUT2D eigenvalue weighted by Gasteiger charge is 2.26. The fourth-order valence-corrected chi connectivity index (χ4v) is 2.92. The highest BCUT2D eigenvalue weighted by molar-refractivity contribution is 5.81. The molecule has 0 saturated heterocycles. The minimum absolute atomic E-state index is 0.128. The maximum absolute atomic E-state index is 13.2. The fraction of sp³-hybridized carbons (Fsp3) is 0.588. The number of amides is 1. The topological polar surface area (TPSA) is 29.5 Å². The molecule has 0 aromatic heterocycles. The summed E-state index contributed by atoms with van der Waals surface area (Å²) in [4.78, 5) is 14.2. The van der Waals surface area contributed by atoms with Crippen molar-refractivity contribution in [1.82, 2.24) is 4.90 Å². The molecule has 1 unspecified atom stereocenters. The van der Waals surface area contributed by atoms with Gasteiger partial charge < -0.3 is 9.64 Å². The van der Waals surface area contributed by atoms with Crippen molar-refractivity contribution in [2.75, 3.05) is 7.05 Å². The van der Waals surface area contributed by atoms with E-state index in [1.807, 2.05) is 0 Å². The average molecular weight is 311 g/mol. The summed E-state index contributed by atoms with van der Waals surface area (Å²) in [6.45, 7) is 1.64. The zero-order chi connectivity index (χ0) is 16.1. The van der Waals surface area contributed by atoms with E-state index in [0.717, 1.165) is 37.8 Å². The maximum Gasteiger partial charge on any atom is 0.263 e. The van der Waals surface area contributed by atoms with Gasteiger partial charge in [0.05, 0.1) is 0 Å². The molecule has 1 aromatic rings. The molecule has 0 spiro atoms. The molecule has 22 heavy (non-hydrogen) atoms. The molecular formula is C17H23F2NO2. The minimum Gasteiger partial charge on any atom is -0.481 e. The van der Waals surface area contributed by atoms with Crippen molar-refractivity contribution in [3.63, 3.8) is 0 Å². The van der Waals surface area contributed by atoms with E-state index >= 15 is 0 Å². The Morgan fingerprint density at radius 2 is 1.82 bits per heavy atom. The molecule has 0 N–H and O–H groups in total. The number of halogens is 2. The first-order valence-corrected chi connectivity index (χ1v) is 7.87. The SMILES string of the molecule is CC(Oc1ccc(F)c(F)c1)C(=O)N(C)C1CCCCCC1. The lowest BCUT2D eigenvalue weighted by Crippen LogP contribution is -2.43. The number of likely N-dealkylation sites (N-methyl/N-ethyl adjacent to an activating group) is 1. The van der Waals surface area contributed by atoms with Crippen molar-refractivity contribution in [2.45, 2.75) is 57.6 Å². The average Bonchev–Trinajstić information content (AvgIpc) is 2.78. The lowest BCUT2D eigenvalue weighted by atomic mass is 10.1. The first-order chi connectivity index (χ1) is 10.5. The number of ether oxygens (including phenoxy) is 1. The van der Waals surface area contributed by atoms with Gasteiger partial charge in [-0.1, -0.05) is 25.7 Å². The second kappa shape index (κ2) is 7.56. The molecule has 1 amide bonds. The van der Waals surface area contributed by atoms with Crippen LogP contribution in [0.25, 0.3) is 0 Å². The number of carbonyl (C=O) groups excluding carboxylic acids is 1. The van der Waals surface area contributed by atoms with E-state index in [4.69, 9.17) is 4.74 Å². The van der Waals surface area contributed by atoms with Crippen molar-refractivity contribution in [3.8, 4) is 5.75 Å². The van der Waals surface area contributed by atoms with Gasteiger partial charge >= 0.3 is 0 Å². The van der Waals surface area contributed by atoms with Crippen molar-refractivity contribution >= 4 is 5.91 Å². The third-order valence-corrected chi connectivity index (χ3v) is 4.27. The molecule has 5 heteroatoms. The molecular weight excluding hydrogens is 288 g/mol. The second-order valence-electron chi connectivity index (χ2n) is 5.93. The molecule has 0 radical (unpaired) electrons. The molecule has 1 fully saturated rings. The Labute approximate surface area is 130 Å². The van der Waals surface area contributed by atoms with E-state index in [1.54, 1.807) is 18.9 Å². The summed E-state index contributed by atoms with van der Waals surface area (Å²) >= 11 is 0. The number of rotatable bonds is 4. The maximum atomic E-state index is 13.2. The normalized spacial score (nSPS) is 17.6. The summed E-state index contributed by atoms with van der Waals surface area (Å²) in [6.07, 6.45) is 6.03. The molecule has 0 aliphatic heterocycles. The van der Waals surface area contributed by atoms with Crippen LogP contribution in [0.2, 0.25) is 0 Å². The van der Waals surface area contributed by atoms with Gasteiger partial charge in [-0.15, -0.1) is 0 Å². The van der Waals surface area contributed by atoms with Crippen LogP contribution in [0.15, 0.2) is 18.2 Å². The van der Waals surface area contributed by atoms with Crippen molar-refractivity contribution in [1.29, 1.82) is 0 Å². The standard InChI is InChI=1S/C17H23F2NO2/c1-12(22-14-9-10-15(18)16(19)11-14)17(21)20(2)13-7-5-3-4-6-8-13/h9-13H,3-8H2,1-2H3. The molecule has 1 aromatic carbocycles. The predicted molar refractivity (Wildman–Crippen MR) is 80.7 cm³/mol. The predicted octanol–water partition coefficient (Wildman–Crippen LogP) is 3.91. The van der Waals surface area contributed by atoms with Crippen molar-refractivity contribution in [2.24, 2.45) is 0 Å². The van der Waals surface area contributed by atoms with Gasteiger partial charge in [0, 0.05) is 19.2 Å². The molecule has 0 bridgehead atoms. The van der Waals surface area contributed by atoms with E-state index in [0.29, 0.717) is 0 Å². The minimum atomic E-state index is -0.978. The third-order valence-electron chi connectivity index (χ3n) is 4.27. The van der Waals surface area contributed by atoms with E-state index < -0.39 is 17.7 Å². The molecule has 1 aliphatic rings. The summed E-state index contributed by atoms with van der Waals surface area (Å²) in [5.74, 6) is -1.87. The van der Waals surface area contributed by atoms with Crippen molar-refractivity contribution < 1.29 is 18.3 Å². The molecule has 1 atom stereocenters. The summed E-state index contributed by atoms with van der Waals surface area (Å²) in [7, 11) is 1.80. The van der Waals surface area contributed by atoms with Gasteiger partial charge in [0.1, 0.15) is 5.75 Å². The first-order valence-electron chi connectivity index (χ1n) is 7.87. The van der Waals surface area contributed by atoms with Crippen LogP contribution in [0.4, 0.5) is 8.78 Å². The zero-order valence-electron chi connectivity index (χ0n) is 13.1. The van der Waals surface area contributed by atoms with Crippen LogP contribution < -0.4 is 4.74 Å². The van der Waals surface area contributed by atoms with Gasteiger partial charge in [-0.25, -0.2) is 8.78 Å². The van der Waals surface area contributed by atoms with Gasteiger partial charge in [0.25, 0.3) is 5.91 Å². The molecule has 2 rings (SSSR count). The third kappa shape index (κ3) is 4.18. The Hall–Kier alpha value is -1.65. The summed E-state index contributed by atoms with van der Waals surface area (Å²) < 4.78 is 31.5. The van der Waals surface area contributed by atoms with Crippen LogP contribution in [0.5, 0.6) is 5.75 Å². The Kier molecular flexibility index (Phi) is 5.75. The zero-order valence-corrected chi connectivity index (χ0v) is 13.1. The Bertz CT molecular complexity index is 513. The first kappa shape index (κ1) is 16.7. The van der Waals surface area contributed by atoms with Gasteiger partial charge in [-0.2, -0.15) is 0 Å². The van der Waals surface area contributed by atoms with Crippen LogP contribution in [-0.2, 0) is 4.79 Å². The smallest absolute Gasteiger partial charge is 0.263 e. The lowest BCUT2D eigenvalue weighted by molar-refractivity contribution is -0.139. The van der Waals surface area contributed by atoms with Crippen LogP contribution >= 0.6 is 0 Å². The second-order valence-corrected chi connectivity index (χ2v) is 5.93.